The molecule has 1 atom stereocenters. The third-order valence-electron chi connectivity index (χ3n) is 3.61. The highest BCUT2D eigenvalue weighted by atomic mass is 16.3. The first-order chi connectivity index (χ1) is 8.09. The van der Waals surface area contributed by atoms with Crippen LogP contribution in [0.4, 0.5) is 0 Å². The van der Waals surface area contributed by atoms with Crippen LogP contribution >= 0.6 is 0 Å². The first-order valence-electron chi connectivity index (χ1n) is 5.83. The highest BCUT2D eigenvalue weighted by molar-refractivity contribution is 6.10. The Labute approximate surface area is 99.9 Å². The summed E-state index contributed by atoms with van der Waals surface area (Å²) < 4.78 is 5.50. The van der Waals surface area contributed by atoms with Gasteiger partial charge in [0.1, 0.15) is 5.58 Å². The maximum atomic E-state index is 11.9. The Morgan fingerprint density at radius 2 is 2.06 bits per heavy atom. The van der Waals surface area contributed by atoms with Gasteiger partial charge in [0, 0.05) is 16.9 Å². The van der Waals surface area contributed by atoms with Gasteiger partial charge in [0.05, 0.1) is 6.26 Å². The summed E-state index contributed by atoms with van der Waals surface area (Å²) >= 11 is 0. The zero-order chi connectivity index (χ0) is 12.2. The van der Waals surface area contributed by atoms with Gasteiger partial charge < -0.3 is 4.42 Å². The van der Waals surface area contributed by atoms with Crippen LogP contribution in [0.2, 0.25) is 0 Å². The van der Waals surface area contributed by atoms with Crippen molar-refractivity contribution in [3.63, 3.8) is 0 Å². The molecule has 0 saturated carbocycles. The van der Waals surface area contributed by atoms with E-state index in [2.05, 4.69) is 13.8 Å². The molecule has 86 valence electrons. The smallest absolute Gasteiger partial charge is 0.185 e. The van der Waals surface area contributed by atoms with Crippen LogP contribution in [0.25, 0.3) is 11.0 Å². The van der Waals surface area contributed by atoms with E-state index in [1.165, 1.54) is 5.56 Å². The summed E-state index contributed by atoms with van der Waals surface area (Å²) in [6, 6.07) is 1.88. The van der Waals surface area contributed by atoms with Crippen molar-refractivity contribution < 1.29 is 9.21 Å². The maximum Gasteiger partial charge on any atom is 0.185 e. The number of allylic oxidation sites excluding steroid dienone is 2. The highest BCUT2D eigenvalue weighted by Crippen LogP contribution is 2.36. The molecule has 0 radical (unpaired) electrons. The van der Waals surface area contributed by atoms with Gasteiger partial charge in [-0.25, -0.2) is 0 Å². The number of fused-ring (bicyclic) bond motifs is 2. The standard InChI is InChI=1S/C15H14O2/c1-8-4-5-12(16)11-6-13-15(9(2)7-17-13)10(3)14(8)11/h4-8H,1-3H3/t8-/m0/s1. The fourth-order valence-electron chi connectivity index (χ4n) is 2.80. The summed E-state index contributed by atoms with van der Waals surface area (Å²) in [5.74, 6) is 0.374. The van der Waals surface area contributed by atoms with Crippen LogP contribution in [0.3, 0.4) is 0 Å². The number of benzene rings is 1. The molecule has 0 aliphatic heterocycles. The molecule has 0 saturated heterocycles. The van der Waals surface area contributed by atoms with Gasteiger partial charge in [-0.05, 0) is 42.7 Å². The Hall–Kier alpha value is -1.83. The Morgan fingerprint density at radius 1 is 1.29 bits per heavy atom. The lowest BCUT2D eigenvalue weighted by atomic mass is 9.83. The van der Waals surface area contributed by atoms with Crippen LogP contribution in [0.15, 0.2) is 28.9 Å². The van der Waals surface area contributed by atoms with Crippen molar-refractivity contribution in [2.45, 2.75) is 26.7 Å². The van der Waals surface area contributed by atoms with E-state index in [0.29, 0.717) is 5.92 Å². The SMILES string of the molecule is Cc1coc2cc3c(c(C)c12)[C@@H](C)C=CC3=O. The first kappa shape index (κ1) is 10.3. The second-order valence-electron chi connectivity index (χ2n) is 4.77. The minimum atomic E-state index is 0.0807. The van der Waals surface area contributed by atoms with Crippen LogP contribution in [0, 0.1) is 13.8 Å². The average Bonchev–Trinajstić information content (AvgIpc) is 2.66. The number of hydrogen-bond acceptors (Lipinski definition) is 2. The Balaban J connectivity index is 2.46. The zero-order valence-electron chi connectivity index (χ0n) is 10.2. The van der Waals surface area contributed by atoms with Gasteiger partial charge in [0.15, 0.2) is 5.78 Å². The molecule has 0 spiro atoms. The van der Waals surface area contributed by atoms with Crippen molar-refractivity contribution in [3.8, 4) is 0 Å². The number of aryl methyl sites for hydroxylation is 2. The molecule has 3 rings (SSSR count). The number of carbonyl (C=O) groups excluding carboxylic acids is 1. The fourth-order valence-corrected chi connectivity index (χ4v) is 2.80. The summed E-state index contributed by atoms with van der Waals surface area (Å²) in [5, 5.41) is 1.15. The summed E-state index contributed by atoms with van der Waals surface area (Å²) in [7, 11) is 0. The summed E-state index contributed by atoms with van der Waals surface area (Å²) in [6.07, 6.45) is 5.39. The van der Waals surface area contributed by atoms with Crippen molar-refractivity contribution in [2.24, 2.45) is 0 Å². The molecule has 0 unspecified atom stereocenters. The van der Waals surface area contributed by atoms with Crippen LogP contribution in [-0.2, 0) is 0 Å². The Kier molecular flexibility index (Phi) is 2.02. The van der Waals surface area contributed by atoms with Crippen molar-refractivity contribution in [3.05, 3.63) is 46.7 Å². The topological polar surface area (TPSA) is 30.2 Å². The highest BCUT2D eigenvalue weighted by Gasteiger charge is 2.23. The van der Waals surface area contributed by atoms with Gasteiger partial charge >= 0.3 is 0 Å². The Bertz CT molecular complexity index is 659. The molecule has 1 heterocycles. The number of ketones is 1. The molecule has 17 heavy (non-hydrogen) atoms. The second-order valence-corrected chi connectivity index (χ2v) is 4.77. The predicted molar refractivity (Wildman–Crippen MR) is 67.6 cm³/mol. The fraction of sp³-hybridized carbons (Fsp3) is 0.267. The van der Waals surface area contributed by atoms with E-state index in [1.54, 1.807) is 12.3 Å². The third kappa shape index (κ3) is 1.30. The number of carbonyl (C=O) groups is 1. The lowest BCUT2D eigenvalue weighted by Crippen LogP contribution is -2.10. The van der Waals surface area contributed by atoms with E-state index < -0.39 is 0 Å². The van der Waals surface area contributed by atoms with Gasteiger partial charge in [0.25, 0.3) is 0 Å². The molecule has 1 aliphatic rings. The predicted octanol–water partition coefficient (Wildman–Crippen LogP) is 3.91. The largest absolute Gasteiger partial charge is 0.464 e. The van der Waals surface area contributed by atoms with Crippen molar-refractivity contribution >= 4 is 16.8 Å². The Morgan fingerprint density at radius 3 is 2.82 bits per heavy atom. The van der Waals surface area contributed by atoms with E-state index >= 15 is 0 Å². The van der Waals surface area contributed by atoms with Crippen molar-refractivity contribution in [2.75, 3.05) is 0 Å². The van der Waals surface area contributed by atoms with E-state index in [1.807, 2.05) is 19.1 Å². The van der Waals surface area contributed by atoms with Gasteiger partial charge in [-0.2, -0.15) is 0 Å². The molecule has 1 aliphatic carbocycles. The molecule has 2 heteroatoms. The number of furan rings is 1. The molecular weight excluding hydrogens is 212 g/mol. The molecule has 2 nitrogen and oxygen atoms in total. The van der Waals surface area contributed by atoms with Crippen LogP contribution in [0.1, 0.15) is 39.9 Å². The molecule has 1 aromatic heterocycles. The lowest BCUT2D eigenvalue weighted by molar-refractivity contribution is 0.104. The maximum absolute atomic E-state index is 11.9. The molecule has 0 amide bonds. The van der Waals surface area contributed by atoms with Gasteiger partial charge in [0.2, 0.25) is 0 Å². The minimum absolute atomic E-state index is 0.0807. The molecule has 0 N–H and O–H groups in total. The van der Waals surface area contributed by atoms with Gasteiger partial charge in [-0.1, -0.05) is 13.0 Å². The summed E-state index contributed by atoms with van der Waals surface area (Å²) in [5.41, 5.74) is 5.06. The normalized spacial score (nSPS) is 18.8. The van der Waals surface area contributed by atoms with Gasteiger partial charge in [-0.3, -0.25) is 4.79 Å². The quantitative estimate of drug-likeness (QED) is 0.681. The van der Waals surface area contributed by atoms with E-state index in [-0.39, 0.29) is 5.78 Å². The molecule has 0 bridgehead atoms. The summed E-state index contributed by atoms with van der Waals surface area (Å²) in [4.78, 5) is 11.9. The molecule has 0 fully saturated rings. The van der Waals surface area contributed by atoms with Crippen LogP contribution in [-0.4, -0.2) is 5.78 Å². The second kappa shape index (κ2) is 3.33. The first-order valence-corrected chi connectivity index (χ1v) is 5.83. The summed E-state index contributed by atoms with van der Waals surface area (Å²) in [6.45, 7) is 6.24. The van der Waals surface area contributed by atoms with E-state index in [9.17, 15) is 4.79 Å². The number of hydrogen-bond donors (Lipinski definition) is 0. The number of rotatable bonds is 0. The van der Waals surface area contributed by atoms with Gasteiger partial charge in [-0.15, -0.1) is 0 Å². The molecule has 2 aromatic rings. The van der Waals surface area contributed by atoms with Crippen LogP contribution < -0.4 is 0 Å². The average molecular weight is 226 g/mol. The molecular formula is C15H14O2. The van der Waals surface area contributed by atoms with Crippen LogP contribution in [0.5, 0.6) is 0 Å². The minimum Gasteiger partial charge on any atom is -0.464 e. The van der Waals surface area contributed by atoms with Crippen molar-refractivity contribution in [1.29, 1.82) is 0 Å². The molecule has 1 aromatic carbocycles. The lowest BCUT2D eigenvalue weighted by Gasteiger charge is -2.19. The monoisotopic (exact) mass is 226 g/mol. The van der Waals surface area contributed by atoms with E-state index in [4.69, 9.17) is 4.42 Å². The third-order valence-corrected chi connectivity index (χ3v) is 3.61. The van der Waals surface area contributed by atoms with E-state index in [0.717, 1.165) is 27.7 Å². The van der Waals surface area contributed by atoms with Crippen molar-refractivity contribution in [1.82, 2.24) is 0 Å². The zero-order valence-corrected chi connectivity index (χ0v) is 10.2.